The number of carboxylic acid groups (broad SMARTS) is 1. The molecule has 2 bridgehead atoms. The number of anilines is 1. The van der Waals surface area contributed by atoms with Gasteiger partial charge in [-0.3, -0.25) is 4.79 Å². The van der Waals surface area contributed by atoms with Gasteiger partial charge in [-0.15, -0.1) is 0 Å². The molecule has 1 aromatic carbocycles. The number of amides is 1. The Labute approximate surface area is 133 Å². The summed E-state index contributed by atoms with van der Waals surface area (Å²) >= 11 is 0. The number of hydrogen-bond acceptors (Lipinski definition) is 5. The number of fused-ring (bicyclic) bond motifs is 2. The number of aliphatic carboxylic acids is 1. The van der Waals surface area contributed by atoms with Crippen molar-refractivity contribution < 1.29 is 24.2 Å². The lowest BCUT2D eigenvalue weighted by molar-refractivity contribution is -0.314. The Morgan fingerprint density at radius 2 is 1.70 bits per heavy atom. The highest BCUT2D eigenvalue weighted by atomic mass is 16.5. The Morgan fingerprint density at radius 3 is 2.26 bits per heavy atom. The Hall–Kier alpha value is -2.37. The van der Waals surface area contributed by atoms with Gasteiger partial charge >= 0.3 is 5.97 Å². The number of carbonyl (C=O) groups is 3. The number of ether oxygens (including phenoxy) is 1. The first kappa shape index (κ1) is 15.5. The van der Waals surface area contributed by atoms with Gasteiger partial charge in [0.1, 0.15) is 0 Å². The number of hydrogen-bond donors (Lipinski definition) is 1. The Balaban J connectivity index is 1.71. The summed E-state index contributed by atoms with van der Waals surface area (Å²) in [7, 11) is 1.30. The van der Waals surface area contributed by atoms with Crippen molar-refractivity contribution in [3.8, 4) is 0 Å². The van der Waals surface area contributed by atoms with Crippen LogP contribution >= 0.6 is 0 Å². The van der Waals surface area contributed by atoms with E-state index in [1.807, 2.05) is 0 Å². The summed E-state index contributed by atoms with van der Waals surface area (Å²) in [6.07, 6.45) is 2.55. The van der Waals surface area contributed by atoms with Gasteiger partial charge in [0.2, 0.25) is 5.91 Å². The third kappa shape index (κ3) is 2.81. The summed E-state index contributed by atoms with van der Waals surface area (Å²) in [5, 5.41) is 14.1. The van der Waals surface area contributed by atoms with Gasteiger partial charge in [0.25, 0.3) is 0 Å². The average molecular weight is 316 g/mol. The summed E-state index contributed by atoms with van der Waals surface area (Å²) in [4.78, 5) is 35.2. The molecule has 6 nitrogen and oxygen atoms in total. The van der Waals surface area contributed by atoms with Gasteiger partial charge in [-0.25, -0.2) is 4.79 Å². The lowest BCUT2D eigenvalue weighted by atomic mass is 9.78. The van der Waals surface area contributed by atoms with Crippen molar-refractivity contribution in [2.75, 3.05) is 12.4 Å². The van der Waals surface area contributed by atoms with E-state index in [0.29, 0.717) is 11.3 Å². The summed E-state index contributed by atoms with van der Waals surface area (Å²) in [5.74, 6) is -2.90. The smallest absolute Gasteiger partial charge is 0.337 e. The zero-order valence-electron chi connectivity index (χ0n) is 12.8. The topological polar surface area (TPSA) is 95.5 Å². The monoisotopic (exact) mass is 316 g/mol. The number of esters is 1. The third-order valence-electron chi connectivity index (χ3n) is 5.06. The number of nitrogens with one attached hydrogen (secondary N) is 1. The Bertz CT molecular complexity index is 639. The normalized spacial score (nSPS) is 28.4. The molecule has 2 aliphatic rings. The Kier molecular flexibility index (Phi) is 4.07. The van der Waals surface area contributed by atoms with Crippen molar-refractivity contribution >= 4 is 23.5 Å². The van der Waals surface area contributed by atoms with E-state index in [4.69, 9.17) is 0 Å². The van der Waals surface area contributed by atoms with E-state index in [1.165, 1.54) is 7.11 Å². The van der Waals surface area contributed by atoms with Gasteiger partial charge in [0, 0.05) is 23.5 Å². The summed E-state index contributed by atoms with van der Waals surface area (Å²) in [6.45, 7) is 0. The predicted molar refractivity (Wildman–Crippen MR) is 79.2 cm³/mol. The molecular formula is C17H18NO5-. The van der Waals surface area contributed by atoms with Crippen LogP contribution in [0, 0.1) is 23.7 Å². The standard InChI is InChI=1S/C17H19NO5/c1-23-17(22)9-4-6-12(7-5-9)18-15(19)13-10-2-3-11(8-10)14(13)16(20)21/h4-7,10-11,13-14H,2-3,8H2,1H3,(H,18,19)(H,20,21)/p-1/t10-,11-,13+,14-/m0/s1. The number of benzene rings is 1. The third-order valence-corrected chi connectivity index (χ3v) is 5.06. The van der Waals surface area contributed by atoms with Crippen LogP contribution in [-0.2, 0) is 14.3 Å². The van der Waals surface area contributed by atoms with E-state index in [0.717, 1.165) is 19.3 Å². The molecule has 23 heavy (non-hydrogen) atoms. The van der Waals surface area contributed by atoms with E-state index < -0.39 is 23.8 Å². The molecule has 2 saturated carbocycles. The number of rotatable bonds is 4. The maximum absolute atomic E-state index is 12.5. The van der Waals surface area contributed by atoms with Gasteiger partial charge in [-0.05, 0) is 55.4 Å². The SMILES string of the molecule is COC(=O)c1ccc(NC(=O)[C@@H]2[C@H]3CC[C@@H](C3)[C@@H]2C(=O)[O-])cc1. The van der Waals surface area contributed by atoms with Gasteiger partial charge in [0.05, 0.1) is 12.7 Å². The van der Waals surface area contributed by atoms with Crippen LogP contribution in [0.1, 0.15) is 29.6 Å². The van der Waals surface area contributed by atoms with Crippen molar-refractivity contribution in [2.24, 2.45) is 23.7 Å². The average Bonchev–Trinajstić information content (AvgIpc) is 3.15. The molecule has 0 heterocycles. The fourth-order valence-electron chi connectivity index (χ4n) is 4.04. The summed E-state index contributed by atoms with van der Waals surface area (Å²) < 4.78 is 4.61. The lowest BCUT2D eigenvalue weighted by Crippen LogP contribution is -2.43. The predicted octanol–water partition coefficient (Wildman–Crippen LogP) is 0.824. The van der Waals surface area contributed by atoms with Crippen molar-refractivity contribution in [1.82, 2.24) is 0 Å². The van der Waals surface area contributed by atoms with Gasteiger partial charge in [0.15, 0.2) is 0 Å². The molecule has 1 aromatic rings. The molecule has 2 aliphatic carbocycles. The van der Waals surface area contributed by atoms with Crippen LogP contribution < -0.4 is 10.4 Å². The number of carboxylic acids is 1. The fourth-order valence-corrected chi connectivity index (χ4v) is 4.04. The minimum absolute atomic E-state index is 0.0578. The second-order valence-electron chi connectivity index (χ2n) is 6.26. The van der Waals surface area contributed by atoms with Gasteiger partial charge < -0.3 is 20.0 Å². The number of methoxy groups -OCH3 is 1. The van der Waals surface area contributed by atoms with Crippen LogP contribution in [0.5, 0.6) is 0 Å². The van der Waals surface area contributed by atoms with Crippen molar-refractivity contribution in [2.45, 2.75) is 19.3 Å². The molecule has 0 spiro atoms. The molecule has 0 aliphatic heterocycles. The molecule has 0 saturated heterocycles. The van der Waals surface area contributed by atoms with E-state index in [1.54, 1.807) is 24.3 Å². The van der Waals surface area contributed by atoms with E-state index >= 15 is 0 Å². The second-order valence-corrected chi connectivity index (χ2v) is 6.26. The zero-order chi connectivity index (χ0) is 16.6. The quantitative estimate of drug-likeness (QED) is 0.830. The highest BCUT2D eigenvalue weighted by Crippen LogP contribution is 2.52. The molecule has 0 radical (unpaired) electrons. The van der Waals surface area contributed by atoms with Crippen LogP contribution in [0.3, 0.4) is 0 Å². The van der Waals surface area contributed by atoms with Crippen LogP contribution in [0.2, 0.25) is 0 Å². The second kappa shape index (κ2) is 6.02. The fraction of sp³-hybridized carbons (Fsp3) is 0.471. The zero-order valence-corrected chi connectivity index (χ0v) is 12.8. The molecule has 1 amide bonds. The lowest BCUT2D eigenvalue weighted by Gasteiger charge is -2.30. The highest BCUT2D eigenvalue weighted by Gasteiger charge is 2.51. The summed E-state index contributed by atoms with van der Waals surface area (Å²) in [5.41, 5.74) is 0.917. The van der Waals surface area contributed by atoms with Crippen LogP contribution in [0.25, 0.3) is 0 Å². The van der Waals surface area contributed by atoms with Crippen LogP contribution in [0.4, 0.5) is 5.69 Å². The van der Waals surface area contributed by atoms with E-state index in [2.05, 4.69) is 10.1 Å². The summed E-state index contributed by atoms with van der Waals surface area (Å²) in [6, 6.07) is 6.31. The van der Waals surface area contributed by atoms with Crippen LogP contribution in [0.15, 0.2) is 24.3 Å². The highest BCUT2D eigenvalue weighted by molar-refractivity contribution is 5.96. The molecular weight excluding hydrogens is 298 g/mol. The van der Waals surface area contributed by atoms with Crippen molar-refractivity contribution in [3.05, 3.63) is 29.8 Å². The number of carbonyl (C=O) groups excluding carboxylic acids is 3. The van der Waals surface area contributed by atoms with Crippen LogP contribution in [-0.4, -0.2) is 25.0 Å². The molecule has 122 valence electrons. The maximum Gasteiger partial charge on any atom is 0.337 e. The first-order valence-electron chi connectivity index (χ1n) is 7.71. The molecule has 0 unspecified atom stereocenters. The molecule has 4 atom stereocenters. The largest absolute Gasteiger partial charge is 0.550 e. The van der Waals surface area contributed by atoms with Crippen molar-refractivity contribution in [3.63, 3.8) is 0 Å². The first-order chi connectivity index (χ1) is 11.0. The van der Waals surface area contributed by atoms with E-state index in [9.17, 15) is 19.5 Å². The molecule has 0 aromatic heterocycles. The van der Waals surface area contributed by atoms with Gasteiger partial charge in [-0.1, -0.05) is 0 Å². The first-order valence-corrected chi connectivity index (χ1v) is 7.71. The minimum Gasteiger partial charge on any atom is -0.550 e. The van der Waals surface area contributed by atoms with Crippen molar-refractivity contribution in [1.29, 1.82) is 0 Å². The molecule has 3 rings (SSSR count). The van der Waals surface area contributed by atoms with E-state index in [-0.39, 0.29) is 17.7 Å². The molecule has 1 N–H and O–H groups in total. The Morgan fingerprint density at radius 1 is 1.09 bits per heavy atom. The molecule has 6 heteroatoms. The molecule has 2 fully saturated rings. The maximum atomic E-state index is 12.5. The van der Waals surface area contributed by atoms with Gasteiger partial charge in [-0.2, -0.15) is 0 Å². The minimum atomic E-state index is -1.13.